The van der Waals surface area contributed by atoms with E-state index in [4.69, 9.17) is 9.47 Å². The quantitative estimate of drug-likeness (QED) is 0.579. The summed E-state index contributed by atoms with van der Waals surface area (Å²) >= 11 is 0. The van der Waals surface area contributed by atoms with Crippen LogP contribution in [0.15, 0.2) is 24.3 Å². The molecule has 0 unspecified atom stereocenters. The number of carboxylic acid groups (broad SMARTS) is 1. The van der Waals surface area contributed by atoms with Crippen molar-refractivity contribution >= 4 is 18.0 Å². The summed E-state index contributed by atoms with van der Waals surface area (Å²) in [5.41, 5.74) is 0.216. The lowest BCUT2D eigenvalue weighted by Gasteiger charge is -2.26. The van der Waals surface area contributed by atoms with Gasteiger partial charge in [0.05, 0.1) is 13.2 Å². The number of nitrogens with one attached hydrogen (secondary N) is 2. The average Bonchev–Trinajstić information content (AvgIpc) is 2.62. The van der Waals surface area contributed by atoms with Gasteiger partial charge in [0.2, 0.25) is 5.91 Å². The Morgan fingerprint density at radius 2 is 1.69 bits per heavy atom. The van der Waals surface area contributed by atoms with Gasteiger partial charge in [-0.1, -0.05) is 19.1 Å². The van der Waals surface area contributed by atoms with Crippen LogP contribution >= 0.6 is 0 Å². The molecule has 162 valence electrons. The lowest BCUT2D eigenvalue weighted by molar-refractivity contribution is -0.140. The highest BCUT2D eigenvalue weighted by molar-refractivity contribution is 5.83. The average molecular weight is 408 g/mol. The SMILES string of the molecule is CC[C@@H](Cc1ccc(OC)cc1)C(=O)N[C@H](C)[C@H](NC(=O)OC(C)(C)C)C(=O)O. The molecule has 8 nitrogen and oxygen atoms in total. The van der Waals surface area contributed by atoms with Crippen LogP contribution in [0.4, 0.5) is 4.79 Å². The fourth-order valence-electron chi connectivity index (χ4n) is 2.73. The van der Waals surface area contributed by atoms with E-state index in [0.717, 1.165) is 11.3 Å². The maximum atomic E-state index is 12.7. The van der Waals surface area contributed by atoms with Crippen molar-refractivity contribution in [3.05, 3.63) is 29.8 Å². The Kier molecular flexibility index (Phi) is 8.94. The number of ether oxygens (including phenoxy) is 2. The van der Waals surface area contributed by atoms with Crippen LogP contribution in [0.2, 0.25) is 0 Å². The summed E-state index contributed by atoms with van der Waals surface area (Å²) in [6.45, 7) is 8.47. The summed E-state index contributed by atoms with van der Waals surface area (Å²) in [5.74, 6) is -1.13. The number of benzene rings is 1. The van der Waals surface area contributed by atoms with Gasteiger partial charge in [-0.3, -0.25) is 4.79 Å². The highest BCUT2D eigenvalue weighted by Gasteiger charge is 2.31. The number of methoxy groups -OCH3 is 1. The van der Waals surface area contributed by atoms with Crippen molar-refractivity contribution in [2.24, 2.45) is 5.92 Å². The van der Waals surface area contributed by atoms with Crippen molar-refractivity contribution in [1.29, 1.82) is 0 Å². The molecular formula is C21H32N2O6. The number of aliphatic carboxylic acids is 1. The van der Waals surface area contributed by atoms with E-state index in [0.29, 0.717) is 12.8 Å². The van der Waals surface area contributed by atoms with Crippen LogP contribution in [0.25, 0.3) is 0 Å². The van der Waals surface area contributed by atoms with E-state index < -0.39 is 29.7 Å². The van der Waals surface area contributed by atoms with Gasteiger partial charge < -0.3 is 25.2 Å². The highest BCUT2D eigenvalue weighted by Crippen LogP contribution is 2.17. The van der Waals surface area contributed by atoms with Gasteiger partial charge in [-0.25, -0.2) is 9.59 Å². The van der Waals surface area contributed by atoms with Gasteiger partial charge in [-0.2, -0.15) is 0 Å². The molecule has 1 aromatic carbocycles. The van der Waals surface area contributed by atoms with Crippen molar-refractivity contribution < 1.29 is 29.0 Å². The molecule has 0 aliphatic carbocycles. The van der Waals surface area contributed by atoms with E-state index >= 15 is 0 Å². The topological polar surface area (TPSA) is 114 Å². The molecule has 0 bridgehead atoms. The van der Waals surface area contributed by atoms with E-state index in [2.05, 4.69) is 10.6 Å². The highest BCUT2D eigenvalue weighted by atomic mass is 16.6. The number of hydrogen-bond donors (Lipinski definition) is 3. The van der Waals surface area contributed by atoms with E-state index in [1.165, 1.54) is 6.92 Å². The second kappa shape index (κ2) is 10.7. The second-order valence-electron chi connectivity index (χ2n) is 7.92. The molecule has 3 N–H and O–H groups in total. The Bertz CT molecular complexity index is 696. The molecule has 0 radical (unpaired) electrons. The Hall–Kier alpha value is -2.77. The number of rotatable bonds is 9. The molecule has 3 atom stereocenters. The smallest absolute Gasteiger partial charge is 0.408 e. The monoisotopic (exact) mass is 408 g/mol. The van der Waals surface area contributed by atoms with E-state index in [1.54, 1.807) is 27.9 Å². The molecule has 0 saturated carbocycles. The molecule has 0 aliphatic rings. The number of carbonyl (C=O) groups excluding carboxylic acids is 2. The normalized spacial score (nSPS) is 14.3. The minimum Gasteiger partial charge on any atom is -0.497 e. The molecule has 0 heterocycles. The van der Waals surface area contributed by atoms with Gasteiger partial charge in [0.15, 0.2) is 0 Å². The van der Waals surface area contributed by atoms with Gasteiger partial charge in [-0.15, -0.1) is 0 Å². The van der Waals surface area contributed by atoms with Crippen LogP contribution in [-0.2, 0) is 20.7 Å². The summed E-state index contributed by atoms with van der Waals surface area (Å²) in [6, 6.07) is 5.30. The van der Waals surface area contributed by atoms with Crippen molar-refractivity contribution in [3.63, 3.8) is 0 Å². The van der Waals surface area contributed by atoms with Crippen molar-refractivity contribution in [3.8, 4) is 5.75 Å². The molecule has 2 amide bonds. The van der Waals surface area contributed by atoms with Crippen LogP contribution in [0, 0.1) is 5.92 Å². The first-order valence-electron chi connectivity index (χ1n) is 9.62. The van der Waals surface area contributed by atoms with Gasteiger partial charge in [-0.05, 0) is 58.2 Å². The predicted molar refractivity (Wildman–Crippen MR) is 109 cm³/mol. The zero-order chi connectivity index (χ0) is 22.2. The zero-order valence-electron chi connectivity index (χ0n) is 17.9. The fraction of sp³-hybridized carbons (Fsp3) is 0.571. The van der Waals surface area contributed by atoms with Crippen LogP contribution < -0.4 is 15.4 Å². The first kappa shape index (κ1) is 24.3. The first-order valence-corrected chi connectivity index (χ1v) is 9.62. The Morgan fingerprint density at radius 1 is 1.10 bits per heavy atom. The summed E-state index contributed by atoms with van der Waals surface area (Å²) in [6.07, 6.45) is 0.245. The lowest BCUT2D eigenvalue weighted by Crippen LogP contribution is -2.55. The number of amides is 2. The number of hydrogen-bond acceptors (Lipinski definition) is 5. The number of carbonyl (C=O) groups is 3. The van der Waals surface area contributed by atoms with E-state index in [-0.39, 0.29) is 11.8 Å². The first-order chi connectivity index (χ1) is 13.5. The van der Waals surface area contributed by atoms with Crippen molar-refractivity contribution in [2.45, 2.75) is 65.1 Å². The Balaban J connectivity index is 2.75. The molecule has 0 spiro atoms. The lowest BCUT2D eigenvalue weighted by atomic mass is 9.95. The maximum Gasteiger partial charge on any atom is 0.408 e. The summed E-state index contributed by atoms with van der Waals surface area (Å²) in [4.78, 5) is 36.2. The van der Waals surface area contributed by atoms with Crippen LogP contribution in [0.1, 0.15) is 46.6 Å². The third-order valence-electron chi connectivity index (χ3n) is 4.31. The van der Waals surface area contributed by atoms with Gasteiger partial charge >= 0.3 is 12.1 Å². The summed E-state index contributed by atoms with van der Waals surface area (Å²) in [5, 5.41) is 14.5. The predicted octanol–water partition coefficient (Wildman–Crippen LogP) is 2.75. The zero-order valence-corrected chi connectivity index (χ0v) is 17.9. The molecule has 1 aromatic rings. The number of carboxylic acids is 1. The van der Waals surface area contributed by atoms with Gasteiger partial charge in [0, 0.05) is 5.92 Å². The second-order valence-corrected chi connectivity index (χ2v) is 7.92. The largest absolute Gasteiger partial charge is 0.497 e. The molecule has 8 heteroatoms. The Labute approximate surface area is 172 Å². The van der Waals surface area contributed by atoms with E-state index in [9.17, 15) is 19.5 Å². The standard InChI is InChI=1S/C21H32N2O6/c1-7-15(12-14-8-10-16(28-6)11-9-14)18(24)22-13(2)17(19(25)26)23-20(27)29-21(3,4)5/h8-11,13,15,17H,7,12H2,1-6H3,(H,22,24)(H,23,27)(H,25,26)/t13-,15+,17+/m1/s1. The molecule has 1 rings (SSSR count). The fourth-order valence-corrected chi connectivity index (χ4v) is 2.73. The molecule has 0 saturated heterocycles. The van der Waals surface area contributed by atoms with Crippen molar-refractivity contribution in [2.75, 3.05) is 7.11 Å². The van der Waals surface area contributed by atoms with Crippen molar-refractivity contribution in [1.82, 2.24) is 10.6 Å². The van der Waals surface area contributed by atoms with Crippen LogP contribution in [0.5, 0.6) is 5.75 Å². The minimum atomic E-state index is -1.31. The molecule has 0 aliphatic heterocycles. The van der Waals surface area contributed by atoms with Gasteiger partial charge in [0.1, 0.15) is 17.4 Å². The third kappa shape index (κ3) is 8.41. The Morgan fingerprint density at radius 3 is 2.14 bits per heavy atom. The van der Waals surface area contributed by atoms with Crippen LogP contribution in [0.3, 0.4) is 0 Å². The number of alkyl carbamates (subject to hydrolysis) is 1. The third-order valence-corrected chi connectivity index (χ3v) is 4.31. The van der Waals surface area contributed by atoms with Crippen LogP contribution in [-0.4, -0.2) is 47.9 Å². The maximum absolute atomic E-state index is 12.7. The van der Waals surface area contributed by atoms with E-state index in [1.807, 2.05) is 31.2 Å². The molecule has 0 aromatic heterocycles. The summed E-state index contributed by atoms with van der Waals surface area (Å²) < 4.78 is 10.2. The molecular weight excluding hydrogens is 376 g/mol. The minimum absolute atomic E-state index is 0.270. The van der Waals surface area contributed by atoms with Gasteiger partial charge in [0.25, 0.3) is 0 Å². The summed E-state index contributed by atoms with van der Waals surface area (Å²) in [7, 11) is 1.59. The molecule has 29 heavy (non-hydrogen) atoms. The molecule has 0 fully saturated rings.